The fraction of sp³-hybridized carbons (Fsp3) is 0.227. The number of rotatable bonds is 7. The van der Waals surface area contributed by atoms with Crippen LogP contribution in [0.3, 0.4) is 0 Å². The van der Waals surface area contributed by atoms with Crippen LogP contribution < -0.4 is 15.0 Å². The molecular weight excluding hydrogens is 352 g/mol. The van der Waals surface area contributed by atoms with Crippen molar-refractivity contribution in [1.29, 1.82) is 0 Å². The topological polar surface area (TPSA) is 67.4 Å². The van der Waals surface area contributed by atoms with Gasteiger partial charge in [-0.3, -0.25) is 9.69 Å². The van der Waals surface area contributed by atoms with E-state index in [4.69, 9.17) is 4.74 Å². The predicted octanol–water partition coefficient (Wildman–Crippen LogP) is 4.33. The number of anilines is 2. The van der Waals surface area contributed by atoms with Gasteiger partial charge in [0.1, 0.15) is 11.6 Å². The van der Waals surface area contributed by atoms with Gasteiger partial charge in [-0.25, -0.2) is 4.98 Å². The summed E-state index contributed by atoms with van der Waals surface area (Å²) < 4.78 is 5.22. The average Bonchev–Trinajstić information content (AvgIpc) is 2.75. The first-order chi connectivity index (χ1) is 13.6. The average molecular weight is 376 g/mol. The highest BCUT2D eigenvalue weighted by molar-refractivity contribution is 6.05. The van der Waals surface area contributed by atoms with E-state index in [1.165, 1.54) is 0 Å². The summed E-state index contributed by atoms with van der Waals surface area (Å²) in [6, 6.07) is 19.0. The van der Waals surface area contributed by atoms with Crippen molar-refractivity contribution < 1.29 is 9.53 Å². The maximum absolute atomic E-state index is 13.0. The van der Waals surface area contributed by atoms with Crippen molar-refractivity contribution in [2.45, 2.75) is 19.9 Å². The summed E-state index contributed by atoms with van der Waals surface area (Å²) in [6.07, 6.45) is 1.66. The third kappa shape index (κ3) is 4.46. The molecule has 0 saturated carbocycles. The van der Waals surface area contributed by atoms with Crippen molar-refractivity contribution in [3.63, 3.8) is 0 Å². The quantitative estimate of drug-likeness (QED) is 0.665. The molecule has 3 aromatic rings. The number of aromatic nitrogens is 2. The Hall–Kier alpha value is -3.41. The van der Waals surface area contributed by atoms with Crippen molar-refractivity contribution in [2.24, 2.45) is 0 Å². The Morgan fingerprint density at radius 1 is 1.14 bits per heavy atom. The van der Waals surface area contributed by atoms with Gasteiger partial charge in [-0.2, -0.15) is 4.98 Å². The Balaban J connectivity index is 1.81. The summed E-state index contributed by atoms with van der Waals surface area (Å²) >= 11 is 0. The van der Waals surface area contributed by atoms with Gasteiger partial charge in [-0.15, -0.1) is 0 Å². The number of nitrogens with one attached hydrogen (secondary N) is 1. The zero-order valence-corrected chi connectivity index (χ0v) is 16.3. The zero-order chi connectivity index (χ0) is 19.9. The maximum atomic E-state index is 13.0. The Morgan fingerprint density at radius 2 is 1.93 bits per heavy atom. The van der Waals surface area contributed by atoms with Gasteiger partial charge >= 0.3 is 0 Å². The molecule has 0 saturated heterocycles. The number of hydrogen-bond donors (Lipinski definition) is 1. The molecule has 144 valence electrons. The largest absolute Gasteiger partial charge is 0.497 e. The van der Waals surface area contributed by atoms with Gasteiger partial charge in [0.2, 0.25) is 5.95 Å². The molecule has 3 rings (SSSR count). The second-order valence-corrected chi connectivity index (χ2v) is 6.30. The van der Waals surface area contributed by atoms with Crippen molar-refractivity contribution in [2.75, 3.05) is 23.9 Å². The highest BCUT2D eigenvalue weighted by atomic mass is 16.5. The molecule has 0 fully saturated rings. The highest BCUT2D eigenvalue weighted by Gasteiger charge is 2.19. The van der Waals surface area contributed by atoms with E-state index in [1.807, 2.05) is 50.2 Å². The summed E-state index contributed by atoms with van der Waals surface area (Å²) in [4.78, 5) is 23.5. The molecule has 6 heteroatoms. The van der Waals surface area contributed by atoms with Gasteiger partial charge in [0.25, 0.3) is 5.91 Å². The number of carbonyl (C=O) groups excluding carboxylic acids is 1. The van der Waals surface area contributed by atoms with Crippen LogP contribution in [-0.2, 0) is 0 Å². The number of amides is 1. The highest BCUT2D eigenvalue weighted by Crippen LogP contribution is 2.21. The minimum absolute atomic E-state index is 0.0422. The molecule has 1 heterocycles. The molecular formula is C22H24N4O2. The van der Waals surface area contributed by atoms with E-state index < -0.39 is 0 Å². The van der Waals surface area contributed by atoms with Crippen LogP contribution in [0.2, 0.25) is 0 Å². The van der Waals surface area contributed by atoms with Gasteiger partial charge in [-0.05, 0) is 43.7 Å². The van der Waals surface area contributed by atoms with E-state index in [-0.39, 0.29) is 11.9 Å². The van der Waals surface area contributed by atoms with Gasteiger partial charge in [0.15, 0.2) is 0 Å². The van der Waals surface area contributed by atoms with Crippen LogP contribution in [0.1, 0.15) is 35.8 Å². The first-order valence-corrected chi connectivity index (χ1v) is 9.22. The normalized spacial score (nSPS) is 11.5. The van der Waals surface area contributed by atoms with Gasteiger partial charge < -0.3 is 10.1 Å². The molecule has 0 aliphatic carbocycles. The van der Waals surface area contributed by atoms with E-state index in [0.717, 1.165) is 5.56 Å². The molecule has 6 nitrogen and oxygen atoms in total. The molecule has 0 spiro atoms. The minimum atomic E-state index is -0.137. The number of benzene rings is 2. The monoisotopic (exact) mass is 376 g/mol. The smallest absolute Gasteiger partial charge is 0.259 e. The van der Waals surface area contributed by atoms with Gasteiger partial charge in [-0.1, -0.05) is 36.4 Å². The van der Waals surface area contributed by atoms with Crippen molar-refractivity contribution in [1.82, 2.24) is 9.97 Å². The molecule has 0 aliphatic rings. The third-order valence-electron chi connectivity index (χ3n) is 4.44. The standard InChI is InChI=1S/C22H24N4O2/c1-4-26(21(27)18-11-8-12-19(15-18)28-3)20-13-14-23-22(25-20)24-16(2)17-9-6-5-7-10-17/h5-16H,4H2,1-3H3,(H,23,24,25)/t16-/m0/s1. The number of carbonyl (C=O) groups is 1. The summed E-state index contributed by atoms with van der Waals surface area (Å²) in [5.41, 5.74) is 1.68. The van der Waals surface area contributed by atoms with Crippen LogP contribution >= 0.6 is 0 Å². The van der Waals surface area contributed by atoms with Crippen molar-refractivity contribution >= 4 is 17.7 Å². The van der Waals surface area contributed by atoms with Crippen LogP contribution in [0.5, 0.6) is 5.75 Å². The third-order valence-corrected chi connectivity index (χ3v) is 4.44. The lowest BCUT2D eigenvalue weighted by Crippen LogP contribution is -2.31. The Labute approximate surface area is 165 Å². The lowest BCUT2D eigenvalue weighted by Gasteiger charge is -2.21. The second-order valence-electron chi connectivity index (χ2n) is 6.30. The van der Waals surface area contributed by atoms with E-state index in [1.54, 1.807) is 42.5 Å². The van der Waals surface area contributed by atoms with E-state index >= 15 is 0 Å². The number of methoxy groups -OCH3 is 1. The molecule has 0 bridgehead atoms. The summed E-state index contributed by atoms with van der Waals surface area (Å²) in [5, 5.41) is 3.29. The summed E-state index contributed by atoms with van der Waals surface area (Å²) in [7, 11) is 1.58. The van der Waals surface area contributed by atoms with E-state index in [2.05, 4.69) is 15.3 Å². The Bertz CT molecular complexity index is 931. The SMILES string of the molecule is CCN(C(=O)c1cccc(OC)c1)c1ccnc(N[C@@H](C)c2ccccc2)n1. The summed E-state index contributed by atoms with van der Waals surface area (Å²) in [6.45, 7) is 4.45. The molecule has 2 aromatic carbocycles. The molecule has 0 aliphatic heterocycles. The van der Waals surface area contributed by atoms with Crippen LogP contribution in [0, 0.1) is 0 Å². The van der Waals surface area contributed by atoms with Crippen molar-refractivity contribution in [3.05, 3.63) is 78.0 Å². The Morgan fingerprint density at radius 3 is 2.64 bits per heavy atom. The second kappa shape index (κ2) is 8.99. The summed E-state index contributed by atoms with van der Waals surface area (Å²) in [5.74, 6) is 1.53. The van der Waals surface area contributed by atoms with E-state index in [0.29, 0.717) is 29.6 Å². The van der Waals surface area contributed by atoms with Crippen LogP contribution in [0.15, 0.2) is 66.9 Å². The first-order valence-electron chi connectivity index (χ1n) is 9.22. The van der Waals surface area contributed by atoms with Crippen molar-refractivity contribution in [3.8, 4) is 5.75 Å². The lowest BCUT2D eigenvalue weighted by atomic mass is 10.1. The number of hydrogen-bond acceptors (Lipinski definition) is 5. The molecule has 1 N–H and O–H groups in total. The molecule has 0 radical (unpaired) electrons. The number of ether oxygens (including phenoxy) is 1. The molecule has 1 aromatic heterocycles. The molecule has 28 heavy (non-hydrogen) atoms. The van der Waals surface area contributed by atoms with Crippen LogP contribution in [0.25, 0.3) is 0 Å². The molecule has 0 unspecified atom stereocenters. The number of nitrogens with zero attached hydrogens (tertiary/aromatic N) is 3. The molecule has 1 atom stereocenters. The maximum Gasteiger partial charge on any atom is 0.259 e. The molecule has 1 amide bonds. The Kier molecular flexibility index (Phi) is 6.22. The van der Waals surface area contributed by atoms with Crippen LogP contribution in [-0.4, -0.2) is 29.5 Å². The fourth-order valence-corrected chi connectivity index (χ4v) is 2.91. The van der Waals surface area contributed by atoms with Crippen LogP contribution in [0.4, 0.5) is 11.8 Å². The minimum Gasteiger partial charge on any atom is -0.497 e. The fourth-order valence-electron chi connectivity index (χ4n) is 2.91. The van der Waals surface area contributed by atoms with Gasteiger partial charge in [0, 0.05) is 18.3 Å². The zero-order valence-electron chi connectivity index (χ0n) is 16.3. The lowest BCUT2D eigenvalue weighted by molar-refractivity contribution is 0.0987. The van der Waals surface area contributed by atoms with E-state index in [9.17, 15) is 4.79 Å². The first kappa shape index (κ1) is 19.4. The predicted molar refractivity (Wildman–Crippen MR) is 111 cm³/mol. The van der Waals surface area contributed by atoms with Gasteiger partial charge in [0.05, 0.1) is 13.2 Å².